The van der Waals surface area contributed by atoms with Crippen molar-refractivity contribution in [1.82, 2.24) is 0 Å². The summed E-state index contributed by atoms with van der Waals surface area (Å²) in [6, 6.07) is 9.19. The molecule has 0 bridgehead atoms. The van der Waals surface area contributed by atoms with Gasteiger partial charge in [0, 0.05) is 0 Å². The fraction of sp³-hybridized carbons (Fsp3) is 0.462. The second kappa shape index (κ2) is 9.90. The molecule has 0 aliphatic heterocycles. The van der Waals surface area contributed by atoms with E-state index in [0.717, 1.165) is 6.42 Å². The molecule has 1 aromatic rings. The van der Waals surface area contributed by atoms with E-state index in [2.05, 4.69) is 75.1 Å². The van der Waals surface area contributed by atoms with Crippen LogP contribution in [-0.2, 0) is 16.6 Å². The Balaban J connectivity index is 2.08. The number of hydrogen-bond acceptors (Lipinski definition) is 0. The van der Waals surface area contributed by atoms with Gasteiger partial charge in [0.2, 0.25) is 0 Å². The van der Waals surface area contributed by atoms with E-state index < -0.39 is 16.6 Å². The Labute approximate surface area is 170 Å². The molecule has 144 valence electrons. The van der Waals surface area contributed by atoms with Crippen molar-refractivity contribution in [1.29, 1.82) is 0 Å². The Bertz CT molecular complexity index is 726. The molecule has 3 rings (SSSR count). The number of allylic oxidation sites excluding steroid dienone is 6. The van der Waals surface area contributed by atoms with E-state index >= 15 is 0 Å². The van der Waals surface area contributed by atoms with Crippen LogP contribution in [0.25, 0.3) is 6.08 Å². The molecule has 0 fully saturated rings. The van der Waals surface area contributed by atoms with Crippen LogP contribution in [-0.4, -0.2) is 0 Å². The number of hydrogen-bond donors (Lipinski definition) is 0. The average Bonchev–Trinajstić information content (AvgIpc) is 3.35. The fourth-order valence-corrected chi connectivity index (χ4v) is 15.4. The van der Waals surface area contributed by atoms with E-state index in [-0.39, 0.29) is 0 Å². The molecule has 1 heteroatoms. The van der Waals surface area contributed by atoms with E-state index in [1.54, 1.807) is 11.1 Å². The molecule has 0 radical (unpaired) electrons. The van der Waals surface area contributed by atoms with Gasteiger partial charge in [-0.15, -0.1) is 0 Å². The van der Waals surface area contributed by atoms with E-state index in [1.165, 1.54) is 53.5 Å². The minimum absolute atomic E-state index is 0.716. The van der Waals surface area contributed by atoms with Gasteiger partial charge >= 0.3 is 171 Å². The molecule has 0 spiro atoms. The standard InChI is InChI=1S/C9H7.C9H11.2C4H9.Ti/c1-2-5-9-7-3-6-8(9)4-1;1-2-3-6-9-7-4-5-8-9;2*1-3-4-2;/h1-7H;2,4,7H,1,3,5-6H2;2*1,3-4H2,2H3;. The summed E-state index contributed by atoms with van der Waals surface area (Å²) in [5, 5.41) is 0. The summed E-state index contributed by atoms with van der Waals surface area (Å²) in [6.07, 6.45) is 21.0. The van der Waals surface area contributed by atoms with Gasteiger partial charge in [-0.05, 0) is 0 Å². The van der Waals surface area contributed by atoms with Gasteiger partial charge in [-0.3, -0.25) is 0 Å². The predicted molar refractivity (Wildman–Crippen MR) is 118 cm³/mol. The second-order valence-electron chi connectivity index (χ2n) is 8.27. The third-order valence-electron chi connectivity index (χ3n) is 6.59. The van der Waals surface area contributed by atoms with Crippen LogP contribution < -0.4 is 0 Å². The predicted octanol–water partition coefficient (Wildman–Crippen LogP) is 8.53. The Morgan fingerprint density at radius 3 is 2.52 bits per heavy atom. The number of rotatable bonds is 11. The maximum absolute atomic E-state index is 3.97. The number of unbranched alkanes of at least 4 members (excludes halogenated alkanes) is 2. The minimum atomic E-state index is -2.31. The first-order chi connectivity index (χ1) is 13.3. The first-order valence-electron chi connectivity index (χ1n) is 11.0. The average molecular weight is 396 g/mol. The van der Waals surface area contributed by atoms with Gasteiger partial charge in [-0.1, -0.05) is 0 Å². The molecule has 2 aliphatic carbocycles. The van der Waals surface area contributed by atoms with Crippen LogP contribution >= 0.6 is 0 Å². The summed E-state index contributed by atoms with van der Waals surface area (Å²) in [7, 11) is 0. The van der Waals surface area contributed by atoms with Gasteiger partial charge < -0.3 is 0 Å². The molecule has 0 nitrogen and oxygen atoms in total. The van der Waals surface area contributed by atoms with Crippen molar-refractivity contribution in [2.45, 2.75) is 72.5 Å². The SMILES string of the molecule is C=CCCC1=[C]([Ti]([CH2]CCC)([CH2]CCC)[CH]2C=Cc3ccccc32)CC=C1. The molecule has 27 heavy (non-hydrogen) atoms. The van der Waals surface area contributed by atoms with Crippen molar-refractivity contribution in [2.75, 3.05) is 0 Å². The van der Waals surface area contributed by atoms with Crippen LogP contribution in [0.4, 0.5) is 0 Å². The molecule has 0 saturated carbocycles. The van der Waals surface area contributed by atoms with Gasteiger partial charge in [0.1, 0.15) is 0 Å². The van der Waals surface area contributed by atoms with E-state index in [0.29, 0.717) is 4.22 Å². The Morgan fingerprint density at radius 1 is 1.07 bits per heavy atom. The fourth-order valence-electron chi connectivity index (χ4n) is 5.21. The molecule has 1 unspecified atom stereocenters. The van der Waals surface area contributed by atoms with Crippen molar-refractivity contribution in [3.05, 3.63) is 75.7 Å². The molecule has 0 saturated heterocycles. The Morgan fingerprint density at radius 2 is 1.81 bits per heavy atom. The van der Waals surface area contributed by atoms with Crippen LogP contribution in [0.1, 0.15) is 74.1 Å². The zero-order valence-electron chi connectivity index (χ0n) is 17.3. The maximum atomic E-state index is 3.97. The normalized spacial score (nSPS) is 18.4. The topological polar surface area (TPSA) is 0 Å². The summed E-state index contributed by atoms with van der Waals surface area (Å²) in [5.74, 6) is 0. The molecule has 1 aromatic carbocycles. The first-order valence-corrected chi connectivity index (χ1v) is 14.9. The molecular weight excluding hydrogens is 360 g/mol. The van der Waals surface area contributed by atoms with Crippen LogP contribution in [0.3, 0.4) is 0 Å². The molecular formula is C26H36Ti. The van der Waals surface area contributed by atoms with Gasteiger partial charge in [0.05, 0.1) is 0 Å². The van der Waals surface area contributed by atoms with E-state index in [9.17, 15) is 0 Å². The molecule has 0 N–H and O–H groups in total. The zero-order valence-corrected chi connectivity index (χ0v) is 18.9. The third-order valence-corrected chi connectivity index (χ3v) is 15.8. The molecule has 2 aliphatic rings. The van der Waals surface area contributed by atoms with E-state index in [1.807, 2.05) is 3.88 Å². The van der Waals surface area contributed by atoms with Crippen molar-refractivity contribution < 1.29 is 16.6 Å². The van der Waals surface area contributed by atoms with Gasteiger partial charge in [-0.25, -0.2) is 0 Å². The Kier molecular flexibility index (Phi) is 7.56. The van der Waals surface area contributed by atoms with Crippen molar-refractivity contribution in [3.8, 4) is 0 Å². The summed E-state index contributed by atoms with van der Waals surface area (Å²) < 4.78 is 5.63. The third kappa shape index (κ3) is 4.33. The summed E-state index contributed by atoms with van der Waals surface area (Å²) in [6.45, 7) is 8.71. The summed E-state index contributed by atoms with van der Waals surface area (Å²) >= 11 is -2.31. The Hall–Kier alpha value is -1.11. The molecule has 1 atom stereocenters. The number of benzene rings is 1. The molecule has 0 amide bonds. The van der Waals surface area contributed by atoms with Gasteiger partial charge in [0.25, 0.3) is 0 Å². The number of fused-ring (bicyclic) bond motifs is 1. The van der Waals surface area contributed by atoms with E-state index in [4.69, 9.17) is 0 Å². The van der Waals surface area contributed by atoms with Crippen LogP contribution in [0.2, 0.25) is 9.45 Å². The van der Waals surface area contributed by atoms with Crippen LogP contribution in [0.5, 0.6) is 0 Å². The van der Waals surface area contributed by atoms with Gasteiger partial charge in [-0.2, -0.15) is 0 Å². The van der Waals surface area contributed by atoms with Crippen molar-refractivity contribution in [2.24, 2.45) is 0 Å². The first kappa shape index (κ1) is 20.6. The monoisotopic (exact) mass is 396 g/mol. The quantitative estimate of drug-likeness (QED) is 0.260. The zero-order chi connectivity index (χ0) is 19.1. The summed E-state index contributed by atoms with van der Waals surface area (Å²) in [5.41, 5.74) is 4.79. The molecule has 0 aromatic heterocycles. The van der Waals surface area contributed by atoms with Crippen molar-refractivity contribution >= 4 is 6.08 Å². The van der Waals surface area contributed by atoms with Gasteiger partial charge in [0.15, 0.2) is 0 Å². The van der Waals surface area contributed by atoms with Crippen LogP contribution in [0, 0.1) is 0 Å². The second-order valence-corrected chi connectivity index (χ2v) is 15.4. The molecule has 0 heterocycles. The summed E-state index contributed by atoms with van der Waals surface area (Å²) in [4.78, 5) is 0. The van der Waals surface area contributed by atoms with Crippen molar-refractivity contribution in [3.63, 3.8) is 0 Å². The van der Waals surface area contributed by atoms with Crippen LogP contribution in [0.15, 0.2) is 64.6 Å².